The number of oxime groups is 1. The van der Waals surface area contributed by atoms with Crippen LogP contribution in [0.1, 0.15) is 11.1 Å². The smallest absolute Gasteiger partial charge is 0.231 e. The van der Waals surface area contributed by atoms with E-state index in [-0.39, 0.29) is 6.79 Å². The van der Waals surface area contributed by atoms with Crippen LogP contribution in [-0.2, 0) is 11.4 Å². The number of rotatable bonds is 6. The number of fused-ring (bicyclic) bond motifs is 1. The minimum atomic E-state index is 0.261. The lowest BCUT2D eigenvalue weighted by molar-refractivity contribution is 0.132. The van der Waals surface area contributed by atoms with Crippen molar-refractivity contribution in [1.82, 2.24) is 0 Å². The molecule has 0 atom stereocenters. The Balaban J connectivity index is 1.59. The highest BCUT2D eigenvalue weighted by molar-refractivity contribution is 5.80. The van der Waals surface area contributed by atoms with Crippen molar-refractivity contribution in [3.05, 3.63) is 47.5 Å². The summed E-state index contributed by atoms with van der Waals surface area (Å²) >= 11 is 0. The number of methoxy groups -OCH3 is 2. The minimum Gasteiger partial charge on any atom is -0.493 e. The third-order valence-electron chi connectivity index (χ3n) is 3.35. The third kappa shape index (κ3) is 3.48. The van der Waals surface area contributed by atoms with Crippen molar-refractivity contribution in [2.75, 3.05) is 21.0 Å². The van der Waals surface area contributed by atoms with Crippen LogP contribution >= 0.6 is 0 Å². The number of benzene rings is 2. The average molecular weight is 315 g/mol. The average Bonchev–Trinajstić information content (AvgIpc) is 3.06. The molecule has 0 bridgehead atoms. The fourth-order valence-electron chi connectivity index (χ4n) is 2.17. The molecule has 6 heteroatoms. The molecule has 3 rings (SSSR count). The van der Waals surface area contributed by atoms with Crippen LogP contribution in [0.2, 0.25) is 0 Å². The normalized spacial score (nSPS) is 12.4. The monoisotopic (exact) mass is 315 g/mol. The maximum absolute atomic E-state index is 5.32. The van der Waals surface area contributed by atoms with Gasteiger partial charge >= 0.3 is 0 Å². The van der Waals surface area contributed by atoms with Crippen LogP contribution in [-0.4, -0.2) is 27.2 Å². The standard InChI is InChI=1S/C17H17NO5/c1-19-14-5-3-12(7-16(14)20-2)9-18-23-10-13-4-6-15-17(8-13)22-11-21-15/h3-9H,10-11H2,1-2H3/b18-9+. The van der Waals surface area contributed by atoms with E-state index in [1.807, 2.05) is 36.4 Å². The zero-order valence-corrected chi connectivity index (χ0v) is 12.9. The van der Waals surface area contributed by atoms with E-state index in [9.17, 15) is 0 Å². The van der Waals surface area contributed by atoms with E-state index < -0.39 is 0 Å². The molecule has 0 aromatic heterocycles. The highest BCUT2D eigenvalue weighted by Gasteiger charge is 2.13. The summed E-state index contributed by atoms with van der Waals surface area (Å²) in [7, 11) is 3.19. The summed E-state index contributed by atoms with van der Waals surface area (Å²) in [5.74, 6) is 2.80. The van der Waals surface area contributed by atoms with Crippen LogP contribution in [0.15, 0.2) is 41.6 Å². The van der Waals surface area contributed by atoms with Crippen LogP contribution < -0.4 is 18.9 Å². The molecule has 0 unspecified atom stereocenters. The molecule has 0 fully saturated rings. The minimum absolute atomic E-state index is 0.261. The molecule has 1 aliphatic rings. The molecule has 0 N–H and O–H groups in total. The molecular weight excluding hydrogens is 298 g/mol. The van der Waals surface area contributed by atoms with Gasteiger partial charge in [-0.05, 0) is 35.9 Å². The largest absolute Gasteiger partial charge is 0.493 e. The lowest BCUT2D eigenvalue weighted by Crippen LogP contribution is -1.93. The van der Waals surface area contributed by atoms with E-state index in [1.165, 1.54) is 0 Å². The van der Waals surface area contributed by atoms with Crippen molar-refractivity contribution in [3.8, 4) is 23.0 Å². The zero-order chi connectivity index (χ0) is 16.1. The first-order valence-electron chi connectivity index (χ1n) is 7.06. The van der Waals surface area contributed by atoms with Gasteiger partial charge < -0.3 is 23.8 Å². The molecule has 0 amide bonds. The first kappa shape index (κ1) is 15.0. The highest BCUT2D eigenvalue weighted by Crippen LogP contribution is 2.32. The molecule has 2 aromatic rings. The van der Waals surface area contributed by atoms with Crippen LogP contribution in [0.25, 0.3) is 0 Å². The quantitative estimate of drug-likeness (QED) is 0.606. The predicted molar refractivity (Wildman–Crippen MR) is 84.5 cm³/mol. The van der Waals surface area contributed by atoms with Crippen molar-refractivity contribution in [1.29, 1.82) is 0 Å². The van der Waals surface area contributed by atoms with Gasteiger partial charge in [-0.2, -0.15) is 0 Å². The molecule has 0 saturated heterocycles. The van der Waals surface area contributed by atoms with E-state index in [4.69, 9.17) is 23.8 Å². The Labute approximate surface area is 134 Å². The summed E-state index contributed by atoms with van der Waals surface area (Å²) in [5.41, 5.74) is 1.81. The van der Waals surface area contributed by atoms with E-state index >= 15 is 0 Å². The van der Waals surface area contributed by atoms with Gasteiger partial charge in [-0.15, -0.1) is 0 Å². The molecule has 0 radical (unpaired) electrons. The SMILES string of the molecule is COc1ccc(/C=N/OCc2ccc3c(c2)OCO3)cc1OC. The summed E-state index contributed by atoms with van der Waals surface area (Å²) in [6.07, 6.45) is 1.62. The number of hydrogen-bond donors (Lipinski definition) is 0. The first-order valence-corrected chi connectivity index (χ1v) is 7.06. The number of nitrogens with zero attached hydrogens (tertiary/aromatic N) is 1. The van der Waals surface area contributed by atoms with Gasteiger partial charge in [-0.3, -0.25) is 0 Å². The van der Waals surface area contributed by atoms with Gasteiger partial charge in [0.25, 0.3) is 0 Å². The third-order valence-corrected chi connectivity index (χ3v) is 3.35. The Morgan fingerprint density at radius 1 is 1.00 bits per heavy atom. The van der Waals surface area contributed by atoms with Crippen LogP contribution in [0.5, 0.6) is 23.0 Å². The number of ether oxygens (including phenoxy) is 4. The van der Waals surface area contributed by atoms with Crippen LogP contribution in [0, 0.1) is 0 Å². The van der Waals surface area contributed by atoms with Gasteiger partial charge in [0.1, 0.15) is 6.61 Å². The van der Waals surface area contributed by atoms with Crippen molar-refractivity contribution >= 4 is 6.21 Å². The lowest BCUT2D eigenvalue weighted by Gasteiger charge is -2.07. The Hall–Kier alpha value is -2.89. The van der Waals surface area contributed by atoms with Crippen LogP contribution in [0.4, 0.5) is 0 Å². The van der Waals surface area contributed by atoms with E-state index in [1.54, 1.807) is 20.4 Å². The topological polar surface area (TPSA) is 58.5 Å². The van der Waals surface area contributed by atoms with Crippen molar-refractivity contribution in [3.63, 3.8) is 0 Å². The maximum Gasteiger partial charge on any atom is 0.231 e. The van der Waals surface area contributed by atoms with Crippen molar-refractivity contribution < 1.29 is 23.8 Å². The molecule has 0 aliphatic carbocycles. The molecule has 120 valence electrons. The van der Waals surface area contributed by atoms with Gasteiger partial charge in [-0.1, -0.05) is 11.2 Å². The second-order valence-corrected chi connectivity index (χ2v) is 4.81. The van der Waals surface area contributed by atoms with Gasteiger partial charge in [0.15, 0.2) is 23.0 Å². The fourth-order valence-corrected chi connectivity index (χ4v) is 2.17. The second-order valence-electron chi connectivity index (χ2n) is 4.81. The summed E-state index contributed by atoms with van der Waals surface area (Å²) in [5, 5.41) is 3.97. The van der Waals surface area contributed by atoms with Gasteiger partial charge in [0, 0.05) is 5.56 Å². The van der Waals surface area contributed by atoms with Crippen LogP contribution in [0.3, 0.4) is 0 Å². The maximum atomic E-state index is 5.32. The molecule has 1 aliphatic heterocycles. The molecule has 1 heterocycles. The first-order chi connectivity index (χ1) is 11.3. The molecule has 23 heavy (non-hydrogen) atoms. The van der Waals surface area contributed by atoms with Gasteiger partial charge in [0.05, 0.1) is 20.4 Å². The summed E-state index contributed by atoms with van der Waals surface area (Å²) < 4.78 is 21.0. The van der Waals surface area contributed by atoms with E-state index in [2.05, 4.69) is 5.16 Å². The lowest BCUT2D eigenvalue weighted by atomic mass is 10.2. The van der Waals surface area contributed by atoms with E-state index in [0.717, 1.165) is 22.6 Å². The van der Waals surface area contributed by atoms with Gasteiger partial charge in [0.2, 0.25) is 6.79 Å². The second kappa shape index (κ2) is 6.91. The Morgan fingerprint density at radius 2 is 1.83 bits per heavy atom. The molecular formula is C17H17NO5. The number of hydrogen-bond acceptors (Lipinski definition) is 6. The van der Waals surface area contributed by atoms with Crippen molar-refractivity contribution in [2.24, 2.45) is 5.16 Å². The molecule has 0 spiro atoms. The van der Waals surface area contributed by atoms with Crippen molar-refractivity contribution in [2.45, 2.75) is 6.61 Å². The van der Waals surface area contributed by atoms with E-state index in [0.29, 0.717) is 18.1 Å². The fraction of sp³-hybridized carbons (Fsp3) is 0.235. The summed E-state index contributed by atoms with van der Waals surface area (Å²) in [6, 6.07) is 11.2. The molecule has 0 saturated carbocycles. The predicted octanol–water partition coefficient (Wildman–Crippen LogP) is 2.98. The Bertz CT molecular complexity index is 714. The molecule has 6 nitrogen and oxygen atoms in total. The summed E-state index contributed by atoms with van der Waals surface area (Å²) in [6.45, 7) is 0.609. The highest BCUT2D eigenvalue weighted by atomic mass is 16.7. The van der Waals surface area contributed by atoms with Gasteiger partial charge in [-0.25, -0.2) is 0 Å². The Morgan fingerprint density at radius 3 is 2.65 bits per heavy atom. The molecule has 2 aromatic carbocycles. The Kier molecular flexibility index (Phi) is 4.52. The summed E-state index contributed by atoms with van der Waals surface area (Å²) in [4.78, 5) is 5.31. The zero-order valence-electron chi connectivity index (χ0n) is 12.9.